The molecule has 1 N–H and O–H groups in total. The van der Waals surface area contributed by atoms with Crippen molar-refractivity contribution in [1.82, 2.24) is 5.32 Å². The van der Waals surface area contributed by atoms with Gasteiger partial charge in [-0.1, -0.05) is 30.2 Å². The zero-order chi connectivity index (χ0) is 10.9. The van der Waals surface area contributed by atoms with E-state index < -0.39 is 0 Å². The highest BCUT2D eigenvalue weighted by Gasteiger charge is 2.27. The second-order valence-corrected chi connectivity index (χ2v) is 5.34. The standard InChI is InChI=1S/C13H18ClN/c1-13(2,15-12-4-3-5-12)10-6-8-11(14)9-7-10/h6-9,12,15H,3-5H2,1-2H3. The van der Waals surface area contributed by atoms with E-state index >= 15 is 0 Å². The van der Waals surface area contributed by atoms with Gasteiger partial charge in [-0.05, 0) is 44.4 Å². The van der Waals surface area contributed by atoms with Crippen LogP contribution in [0.25, 0.3) is 0 Å². The molecule has 0 aliphatic heterocycles. The summed E-state index contributed by atoms with van der Waals surface area (Å²) < 4.78 is 0. The smallest absolute Gasteiger partial charge is 0.0406 e. The molecule has 1 fully saturated rings. The second-order valence-electron chi connectivity index (χ2n) is 4.90. The quantitative estimate of drug-likeness (QED) is 0.824. The van der Waals surface area contributed by atoms with E-state index in [9.17, 15) is 0 Å². The van der Waals surface area contributed by atoms with Crippen LogP contribution >= 0.6 is 11.6 Å². The molecular weight excluding hydrogens is 206 g/mol. The Balaban J connectivity index is 2.09. The predicted octanol–water partition coefficient (Wildman–Crippen LogP) is 3.72. The van der Waals surface area contributed by atoms with E-state index in [1.807, 2.05) is 12.1 Å². The molecule has 1 aliphatic rings. The van der Waals surface area contributed by atoms with E-state index in [2.05, 4.69) is 31.3 Å². The van der Waals surface area contributed by atoms with Crippen LogP contribution in [-0.2, 0) is 5.54 Å². The Morgan fingerprint density at radius 3 is 2.27 bits per heavy atom. The Bertz CT molecular complexity index is 325. The fourth-order valence-corrected chi connectivity index (χ4v) is 2.14. The largest absolute Gasteiger partial charge is 0.305 e. The molecule has 0 bridgehead atoms. The van der Waals surface area contributed by atoms with Gasteiger partial charge in [-0.3, -0.25) is 0 Å². The van der Waals surface area contributed by atoms with Crippen molar-refractivity contribution in [2.75, 3.05) is 0 Å². The van der Waals surface area contributed by atoms with Crippen molar-refractivity contribution in [3.8, 4) is 0 Å². The van der Waals surface area contributed by atoms with Gasteiger partial charge >= 0.3 is 0 Å². The minimum Gasteiger partial charge on any atom is -0.305 e. The molecule has 0 spiro atoms. The van der Waals surface area contributed by atoms with Crippen LogP contribution in [0.2, 0.25) is 5.02 Å². The lowest BCUT2D eigenvalue weighted by atomic mass is 9.87. The molecule has 0 heterocycles. The Kier molecular flexibility index (Phi) is 3.03. The van der Waals surface area contributed by atoms with Gasteiger partial charge in [0, 0.05) is 16.6 Å². The first-order valence-corrected chi connectivity index (χ1v) is 5.99. The third kappa shape index (κ3) is 2.53. The SMILES string of the molecule is CC(C)(NC1CCC1)c1ccc(Cl)cc1. The van der Waals surface area contributed by atoms with Gasteiger partial charge in [0.1, 0.15) is 0 Å². The number of benzene rings is 1. The van der Waals surface area contributed by atoms with Crippen molar-refractivity contribution in [2.45, 2.75) is 44.7 Å². The molecule has 2 heteroatoms. The maximum Gasteiger partial charge on any atom is 0.0406 e. The Labute approximate surface area is 96.8 Å². The van der Waals surface area contributed by atoms with Crippen LogP contribution in [-0.4, -0.2) is 6.04 Å². The van der Waals surface area contributed by atoms with E-state index in [-0.39, 0.29) is 5.54 Å². The van der Waals surface area contributed by atoms with Gasteiger partial charge in [0.25, 0.3) is 0 Å². The third-order valence-electron chi connectivity index (χ3n) is 3.24. The lowest BCUT2D eigenvalue weighted by Gasteiger charge is -2.37. The van der Waals surface area contributed by atoms with Crippen molar-refractivity contribution in [1.29, 1.82) is 0 Å². The average Bonchev–Trinajstić information content (AvgIpc) is 2.13. The number of hydrogen-bond donors (Lipinski definition) is 1. The molecule has 2 rings (SSSR count). The molecule has 1 aliphatic carbocycles. The lowest BCUT2D eigenvalue weighted by molar-refractivity contribution is 0.254. The molecule has 82 valence electrons. The van der Waals surface area contributed by atoms with Crippen LogP contribution in [0.4, 0.5) is 0 Å². The molecule has 1 nitrogen and oxygen atoms in total. The van der Waals surface area contributed by atoms with Crippen LogP contribution in [0, 0.1) is 0 Å². The molecule has 0 amide bonds. The average molecular weight is 224 g/mol. The Morgan fingerprint density at radius 1 is 1.20 bits per heavy atom. The summed E-state index contributed by atoms with van der Waals surface area (Å²) in [7, 11) is 0. The van der Waals surface area contributed by atoms with Gasteiger partial charge in [-0.25, -0.2) is 0 Å². The first-order chi connectivity index (χ1) is 7.08. The molecule has 1 aromatic carbocycles. The predicted molar refractivity (Wildman–Crippen MR) is 65.3 cm³/mol. The molecule has 0 unspecified atom stereocenters. The maximum absolute atomic E-state index is 5.89. The van der Waals surface area contributed by atoms with Crippen molar-refractivity contribution in [2.24, 2.45) is 0 Å². The van der Waals surface area contributed by atoms with Crippen LogP contribution < -0.4 is 5.32 Å². The summed E-state index contributed by atoms with van der Waals surface area (Å²) in [5.74, 6) is 0. The van der Waals surface area contributed by atoms with Crippen molar-refractivity contribution >= 4 is 11.6 Å². The Morgan fingerprint density at radius 2 is 1.80 bits per heavy atom. The van der Waals surface area contributed by atoms with Crippen molar-refractivity contribution < 1.29 is 0 Å². The summed E-state index contributed by atoms with van der Waals surface area (Å²) in [6.07, 6.45) is 4.00. The topological polar surface area (TPSA) is 12.0 Å². The number of rotatable bonds is 3. The molecule has 1 saturated carbocycles. The van der Waals surface area contributed by atoms with E-state index in [1.54, 1.807) is 0 Å². The lowest BCUT2D eigenvalue weighted by Crippen LogP contribution is -2.46. The van der Waals surface area contributed by atoms with E-state index in [4.69, 9.17) is 11.6 Å². The molecule has 0 aromatic heterocycles. The molecule has 1 aromatic rings. The number of halogens is 1. The van der Waals surface area contributed by atoms with Crippen molar-refractivity contribution in [3.63, 3.8) is 0 Å². The second kappa shape index (κ2) is 4.15. The minimum atomic E-state index is 0.0513. The first-order valence-electron chi connectivity index (χ1n) is 5.62. The van der Waals surface area contributed by atoms with E-state index in [0.717, 1.165) is 5.02 Å². The van der Waals surface area contributed by atoms with Gasteiger partial charge in [-0.2, -0.15) is 0 Å². The summed E-state index contributed by atoms with van der Waals surface area (Å²) in [4.78, 5) is 0. The van der Waals surface area contributed by atoms with Gasteiger partial charge < -0.3 is 5.32 Å². The highest BCUT2D eigenvalue weighted by atomic mass is 35.5. The summed E-state index contributed by atoms with van der Waals surface area (Å²) >= 11 is 5.89. The molecule has 0 saturated heterocycles. The third-order valence-corrected chi connectivity index (χ3v) is 3.49. The number of nitrogens with one attached hydrogen (secondary N) is 1. The summed E-state index contributed by atoms with van der Waals surface area (Å²) in [6.45, 7) is 4.46. The van der Waals surface area contributed by atoms with E-state index in [0.29, 0.717) is 6.04 Å². The molecule has 15 heavy (non-hydrogen) atoms. The monoisotopic (exact) mass is 223 g/mol. The first kappa shape index (κ1) is 11.0. The maximum atomic E-state index is 5.89. The zero-order valence-electron chi connectivity index (χ0n) is 9.39. The summed E-state index contributed by atoms with van der Waals surface area (Å²) in [6, 6.07) is 8.83. The molecule has 0 radical (unpaired) electrons. The van der Waals surface area contributed by atoms with Crippen LogP contribution in [0.3, 0.4) is 0 Å². The minimum absolute atomic E-state index is 0.0513. The highest BCUT2D eigenvalue weighted by Crippen LogP contribution is 2.27. The highest BCUT2D eigenvalue weighted by molar-refractivity contribution is 6.30. The van der Waals surface area contributed by atoms with E-state index in [1.165, 1.54) is 24.8 Å². The molecular formula is C13H18ClN. The van der Waals surface area contributed by atoms with Gasteiger partial charge in [-0.15, -0.1) is 0 Å². The van der Waals surface area contributed by atoms with Crippen molar-refractivity contribution in [3.05, 3.63) is 34.9 Å². The fourth-order valence-electron chi connectivity index (χ4n) is 2.01. The zero-order valence-corrected chi connectivity index (χ0v) is 10.1. The van der Waals surface area contributed by atoms with Gasteiger partial charge in [0.05, 0.1) is 0 Å². The summed E-state index contributed by atoms with van der Waals surface area (Å²) in [5, 5.41) is 4.49. The van der Waals surface area contributed by atoms with Crippen LogP contribution in [0.15, 0.2) is 24.3 Å². The number of hydrogen-bond acceptors (Lipinski definition) is 1. The molecule has 0 atom stereocenters. The van der Waals surface area contributed by atoms with Gasteiger partial charge in [0.2, 0.25) is 0 Å². The summed E-state index contributed by atoms with van der Waals surface area (Å²) in [5.41, 5.74) is 1.36. The van der Waals surface area contributed by atoms with Gasteiger partial charge in [0.15, 0.2) is 0 Å². The fraction of sp³-hybridized carbons (Fsp3) is 0.538. The van der Waals surface area contributed by atoms with Crippen LogP contribution in [0.1, 0.15) is 38.7 Å². The normalized spacial score (nSPS) is 17.5. The Hall–Kier alpha value is -0.530. The van der Waals surface area contributed by atoms with Crippen LogP contribution in [0.5, 0.6) is 0 Å².